The predicted octanol–water partition coefficient (Wildman–Crippen LogP) is 4.06. The molecule has 1 atom stereocenters. The van der Waals surface area contributed by atoms with E-state index in [0.717, 1.165) is 18.7 Å². The number of likely N-dealkylation sites (tertiary alicyclic amines) is 1. The van der Waals surface area contributed by atoms with Crippen LogP contribution < -0.4 is 16.0 Å². The van der Waals surface area contributed by atoms with Crippen LogP contribution in [-0.2, 0) is 0 Å². The molecule has 0 spiro atoms. The van der Waals surface area contributed by atoms with Gasteiger partial charge in [-0.1, -0.05) is 23.7 Å². The van der Waals surface area contributed by atoms with E-state index in [2.05, 4.69) is 33.0 Å². The number of hydrogen-bond acceptors (Lipinski definition) is 5. The maximum atomic E-state index is 12.5. The van der Waals surface area contributed by atoms with Gasteiger partial charge in [-0.15, -0.1) is 11.3 Å². The van der Waals surface area contributed by atoms with E-state index >= 15 is 0 Å². The van der Waals surface area contributed by atoms with Crippen molar-refractivity contribution in [1.82, 2.24) is 20.0 Å². The van der Waals surface area contributed by atoms with Crippen LogP contribution in [0.15, 0.2) is 48.1 Å². The lowest BCUT2D eigenvalue weighted by Gasteiger charge is -2.19. The molecule has 1 aromatic carbocycles. The van der Waals surface area contributed by atoms with Gasteiger partial charge >= 0.3 is 6.03 Å². The largest absolute Gasteiger partial charge is 0.350 e. The van der Waals surface area contributed by atoms with E-state index in [-0.39, 0.29) is 5.91 Å². The summed E-state index contributed by atoms with van der Waals surface area (Å²) in [5, 5.41) is 15.0. The van der Waals surface area contributed by atoms with Gasteiger partial charge in [-0.05, 0) is 44.6 Å². The Bertz CT molecular complexity index is 1080. The van der Waals surface area contributed by atoms with Crippen LogP contribution in [0, 0.1) is 0 Å². The Morgan fingerprint density at radius 2 is 2.13 bits per heavy atom. The normalized spacial score (nSPS) is 16.3. The third-order valence-electron chi connectivity index (χ3n) is 5.21. The fourth-order valence-electron chi connectivity index (χ4n) is 3.48. The molecular weight excluding hydrogens is 436 g/mol. The highest BCUT2D eigenvalue weighted by Crippen LogP contribution is 2.22. The number of nitrogens with zero attached hydrogens (tertiary/aromatic N) is 3. The minimum absolute atomic E-state index is 0.0822. The molecule has 1 aliphatic rings. The number of benzene rings is 1. The van der Waals surface area contributed by atoms with Crippen LogP contribution in [0.1, 0.15) is 22.5 Å². The molecule has 3 aromatic rings. The Hall–Kier alpha value is -2.88. The lowest BCUT2D eigenvalue weighted by Crippen LogP contribution is -2.37. The van der Waals surface area contributed by atoms with Gasteiger partial charge in [0.05, 0.1) is 39.4 Å². The zero-order valence-electron chi connectivity index (χ0n) is 17.0. The average Bonchev–Trinajstić information content (AvgIpc) is 3.49. The van der Waals surface area contributed by atoms with Gasteiger partial charge < -0.3 is 20.9 Å². The zero-order chi connectivity index (χ0) is 21.8. The van der Waals surface area contributed by atoms with E-state index in [1.165, 1.54) is 17.8 Å². The number of thiophene rings is 1. The monoisotopic (exact) mass is 458 g/mol. The Balaban J connectivity index is 1.33. The lowest BCUT2D eigenvalue weighted by atomic mass is 10.2. The maximum absolute atomic E-state index is 12.5. The molecule has 3 N–H and O–H groups in total. The first kappa shape index (κ1) is 21.4. The summed E-state index contributed by atoms with van der Waals surface area (Å²) in [5.41, 5.74) is 1.80. The second kappa shape index (κ2) is 9.51. The number of urea groups is 1. The van der Waals surface area contributed by atoms with Gasteiger partial charge in [0.15, 0.2) is 0 Å². The van der Waals surface area contributed by atoms with Gasteiger partial charge in [-0.3, -0.25) is 4.79 Å². The van der Waals surface area contributed by atoms with Crippen LogP contribution >= 0.6 is 22.9 Å². The van der Waals surface area contributed by atoms with Crippen LogP contribution in [0.2, 0.25) is 5.02 Å². The molecule has 3 heterocycles. The summed E-state index contributed by atoms with van der Waals surface area (Å²) in [4.78, 5) is 27.6. The van der Waals surface area contributed by atoms with E-state index in [1.807, 2.05) is 5.38 Å². The second-order valence-corrected chi connectivity index (χ2v) is 8.71. The predicted molar refractivity (Wildman–Crippen MR) is 124 cm³/mol. The molecule has 0 saturated carbocycles. The quantitative estimate of drug-likeness (QED) is 0.519. The fourth-order valence-corrected chi connectivity index (χ4v) is 4.45. The van der Waals surface area contributed by atoms with Crippen LogP contribution in [0.4, 0.5) is 16.2 Å². The van der Waals surface area contributed by atoms with E-state index in [1.54, 1.807) is 47.4 Å². The summed E-state index contributed by atoms with van der Waals surface area (Å²) in [7, 11) is 2.09. The van der Waals surface area contributed by atoms with Crippen molar-refractivity contribution in [2.75, 3.05) is 30.8 Å². The molecule has 0 unspecified atom stereocenters. The average molecular weight is 459 g/mol. The number of hydrogen-bond donors (Lipinski definition) is 3. The molecule has 1 saturated heterocycles. The summed E-state index contributed by atoms with van der Waals surface area (Å²) in [6.07, 6.45) is 5.51. The number of carbonyl (C=O) groups is 2. The molecule has 162 valence electrons. The van der Waals surface area contributed by atoms with Crippen molar-refractivity contribution >= 4 is 46.3 Å². The summed E-state index contributed by atoms with van der Waals surface area (Å²) in [5.74, 6) is -0.0822. The van der Waals surface area contributed by atoms with Gasteiger partial charge in [0, 0.05) is 18.0 Å². The molecule has 0 aliphatic carbocycles. The van der Waals surface area contributed by atoms with Crippen LogP contribution in [0.3, 0.4) is 0 Å². The number of amides is 3. The summed E-state index contributed by atoms with van der Waals surface area (Å²) < 4.78 is 1.61. The molecule has 2 aromatic heterocycles. The molecule has 1 aliphatic heterocycles. The van der Waals surface area contributed by atoms with Crippen LogP contribution in [0.25, 0.3) is 5.69 Å². The molecule has 0 bridgehead atoms. The number of halogens is 1. The Morgan fingerprint density at radius 1 is 1.29 bits per heavy atom. The van der Waals surface area contributed by atoms with Gasteiger partial charge in [0.2, 0.25) is 0 Å². The van der Waals surface area contributed by atoms with Crippen molar-refractivity contribution < 1.29 is 9.59 Å². The van der Waals surface area contributed by atoms with Gasteiger partial charge in [-0.25, -0.2) is 9.48 Å². The second-order valence-electron chi connectivity index (χ2n) is 7.39. The first-order chi connectivity index (χ1) is 15.0. The highest BCUT2D eigenvalue weighted by atomic mass is 35.5. The summed E-state index contributed by atoms with van der Waals surface area (Å²) in [6.45, 7) is 1.73. The Kier molecular flexibility index (Phi) is 6.55. The number of likely N-dealkylation sites (N-methyl/N-ethyl adjacent to an activating group) is 1. The third kappa shape index (κ3) is 5.25. The van der Waals surface area contributed by atoms with Gasteiger partial charge in [0.1, 0.15) is 0 Å². The third-order valence-corrected chi connectivity index (χ3v) is 6.45. The number of anilines is 2. The first-order valence-corrected chi connectivity index (χ1v) is 11.2. The molecule has 1 fully saturated rings. The smallest absolute Gasteiger partial charge is 0.323 e. The van der Waals surface area contributed by atoms with Gasteiger partial charge in [-0.2, -0.15) is 5.10 Å². The van der Waals surface area contributed by atoms with Crippen LogP contribution in [-0.4, -0.2) is 52.8 Å². The van der Waals surface area contributed by atoms with Crippen molar-refractivity contribution in [3.05, 3.63) is 58.0 Å². The molecule has 0 radical (unpaired) electrons. The SMILES string of the molecule is CN1CCC[C@H]1CNC(=O)c1cc(-n2cc(NC(=O)Nc3ccccc3Cl)cn2)cs1. The molecule has 4 rings (SSSR count). The molecule has 31 heavy (non-hydrogen) atoms. The topological polar surface area (TPSA) is 91.3 Å². The lowest BCUT2D eigenvalue weighted by molar-refractivity contribution is 0.0947. The summed E-state index contributed by atoms with van der Waals surface area (Å²) >= 11 is 7.42. The minimum Gasteiger partial charge on any atom is -0.350 e. The van der Waals surface area contributed by atoms with Crippen molar-refractivity contribution in [3.8, 4) is 5.69 Å². The minimum atomic E-state index is -0.421. The van der Waals surface area contributed by atoms with E-state index in [0.29, 0.717) is 33.9 Å². The number of nitrogens with one attached hydrogen (secondary N) is 3. The summed E-state index contributed by atoms with van der Waals surface area (Å²) in [6, 6.07) is 8.77. The van der Waals surface area contributed by atoms with Crippen LogP contribution in [0.5, 0.6) is 0 Å². The molecule has 8 nitrogen and oxygen atoms in total. The number of rotatable bonds is 6. The van der Waals surface area contributed by atoms with Crippen molar-refractivity contribution in [2.45, 2.75) is 18.9 Å². The van der Waals surface area contributed by atoms with E-state index in [4.69, 9.17) is 11.6 Å². The number of carbonyl (C=O) groups excluding carboxylic acids is 2. The fraction of sp³-hybridized carbons (Fsp3) is 0.286. The van der Waals surface area contributed by atoms with Crippen molar-refractivity contribution in [1.29, 1.82) is 0 Å². The standard InChI is InChI=1S/C21H23ClN6O2S/c1-27-8-4-5-15(27)11-23-20(29)19-9-16(13-31-19)28-12-14(10-24-28)25-21(30)26-18-7-3-2-6-17(18)22/h2-3,6-7,9-10,12-13,15H,4-5,8,11H2,1H3,(H,23,29)(H2,25,26,30)/t15-/m0/s1. The van der Waals surface area contributed by atoms with Crippen molar-refractivity contribution in [3.63, 3.8) is 0 Å². The molecule has 10 heteroatoms. The Morgan fingerprint density at radius 3 is 2.90 bits per heavy atom. The molecule has 3 amide bonds. The van der Waals surface area contributed by atoms with Crippen molar-refractivity contribution in [2.24, 2.45) is 0 Å². The number of para-hydroxylation sites is 1. The highest BCUT2D eigenvalue weighted by molar-refractivity contribution is 7.12. The molecular formula is C21H23ClN6O2S. The maximum Gasteiger partial charge on any atom is 0.323 e. The first-order valence-electron chi connectivity index (χ1n) is 9.94. The Labute approximate surface area is 189 Å². The highest BCUT2D eigenvalue weighted by Gasteiger charge is 2.21. The number of aromatic nitrogens is 2. The van der Waals surface area contributed by atoms with E-state index < -0.39 is 6.03 Å². The zero-order valence-corrected chi connectivity index (χ0v) is 18.5. The van der Waals surface area contributed by atoms with Gasteiger partial charge in [0.25, 0.3) is 5.91 Å². The van der Waals surface area contributed by atoms with E-state index in [9.17, 15) is 9.59 Å².